The summed E-state index contributed by atoms with van der Waals surface area (Å²) in [6.45, 7) is 2.24. The van der Waals surface area contributed by atoms with Crippen LogP contribution in [0.25, 0.3) is 22.2 Å². The first kappa shape index (κ1) is 17.3. The minimum absolute atomic E-state index is 0.305. The van der Waals surface area contributed by atoms with E-state index in [9.17, 15) is 0 Å². The fourth-order valence-corrected chi connectivity index (χ4v) is 3.15. The van der Waals surface area contributed by atoms with Gasteiger partial charge in [0.2, 0.25) is 5.95 Å². The molecule has 3 rings (SSSR count). The van der Waals surface area contributed by atoms with Crippen molar-refractivity contribution in [3.63, 3.8) is 0 Å². The quantitative estimate of drug-likeness (QED) is 0.577. The summed E-state index contributed by atoms with van der Waals surface area (Å²) in [5, 5.41) is 2.32. The Hall–Kier alpha value is -2.49. The maximum absolute atomic E-state index is 5.95. The third kappa shape index (κ3) is 4.53. The van der Waals surface area contributed by atoms with E-state index in [1.165, 1.54) is 37.5 Å². The lowest BCUT2D eigenvalue weighted by Gasteiger charge is -2.08. The molecule has 1 heterocycles. The van der Waals surface area contributed by atoms with Gasteiger partial charge in [-0.05, 0) is 17.2 Å². The molecule has 0 bridgehead atoms. The number of hydrogen-bond donors (Lipinski definition) is 1. The van der Waals surface area contributed by atoms with Crippen LogP contribution in [0.2, 0.25) is 0 Å². The van der Waals surface area contributed by atoms with Crippen molar-refractivity contribution >= 4 is 16.7 Å². The molecule has 130 valence electrons. The molecule has 0 fully saturated rings. The maximum atomic E-state index is 5.95. The number of nitrogens with two attached hydrogens (primary N) is 1. The van der Waals surface area contributed by atoms with Crippen LogP contribution >= 0.6 is 0 Å². The van der Waals surface area contributed by atoms with E-state index in [0.29, 0.717) is 11.8 Å². The summed E-state index contributed by atoms with van der Waals surface area (Å²) < 4.78 is 0. The van der Waals surface area contributed by atoms with Gasteiger partial charge >= 0.3 is 0 Å². The van der Waals surface area contributed by atoms with Crippen molar-refractivity contribution in [2.75, 3.05) is 5.73 Å². The van der Waals surface area contributed by atoms with Gasteiger partial charge in [0.15, 0.2) is 5.82 Å². The molecule has 4 heteroatoms. The molecular weight excluding hydrogens is 308 g/mol. The number of anilines is 1. The van der Waals surface area contributed by atoms with Gasteiger partial charge in [0, 0.05) is 12.0 Å². The summed E-state index contributed by atoms with van der Waals surface area (Å²) >= 11 is 0. The lowest BCUT2D eigenvalue weighted by Crippen LogP contribution is -2.05. The van der Waals surface area contributed by atoms with Gasteiger partial charge in [-0.25, -0.2) is 4.98 Å². The molecule has 0 saturated heterocycles. The molecule has 0 spiro atoms. The third-order valence-corrected chi connectivity index (χ3v) is 4.48. The van der Waals surface area contributed by atoms with Crippen LogP contribution in [0.15, 0.2) is 42.5 Å². The second kappa shape index (κ2) is 8.56. The van der Waals surface area contributed by atoms with Gasteiger partial charge < -0.3 is 5.73 Å². The largest absolute Gasteiger partial charge is 0.368 e. The minimum Gasteiger partial charge on any atom is -0.368 e. The van der Waals surface area contributed by atoms with E-state index < -0.39 is 0 Å². The third-order valence-electron chi connectivity index (χ3n) is 4.48. The summed E-state index contributed by atoms with van der Waals surface area (Å²) in [7, 11) is 0. The Labute approximate surface area is 149 Å². The number of aryl methyl sites for hydroxylation is 1. The number of benzene rings is 2. The molecule has 0 saturated carbocycles. The average molecular weight is 334 g/mol. The van der Waals surface area contributed by atoms with Gasteiger partial charge in [-0.1, -0.05) is 81.5 Å². The van der Waals surface area contributed by atoms with Crippen LogP contribution in [0.1, 0.15) is 51.3 Å². The van der Waals surface area contributed by atoms with E-state index in [4.69, 9.17) is 5.73 Å². The highest BCUT2D eigenvalue weighted by atomic mass is 15.1. The number of nitrogen functional groups attached to an aromatic ring is 1. The zero-order valence-electron chi connectivity index (χ0n) is 14.9. The molecule has 25 heavy (non-hydrogen) atoms. The van der Waals surface area contributed by atoms with Gasteiger partial charge in [0.1, 0.15) is 5.82 Å². The van der Waals surface area contributed by atoms with Crippen molar-refractivity contribution < 1.29 is 0 Å². The normalized spacial score (nSPS) is 11.1. The highest BCUT2D eigenvalue weighted by Gasteiger charge is 2.10. The predicted molar refractivity (Wildman–Crippen MR) is 104 cm³/mol. The summed E-state index contributed by atoms with van der Waals surface area (Å²) in [5.74, 6) is 1.77. The van der Waals surface area contributed by atoms with Gasteiger partial charge in [-0.2, -0.15) is 9.97 Å². The first-order valence-electron chi connectivity index (χ1n) is 9.26. The number of nitrogens with zero attached hydrogens (tertiary/aromatic N) is 3. The molecule has 0 aliphatic carbocycles. The van der Waals surface area contributed by atoms with Crippen molar-refractivity contribution in [1.82, 2.24) is 15.0 Å². The maximum Gasteiger partial charge on any atom is 0.223 e. The molecule has 2 N–H and O–H groups in total. The number of fused-ring (bicyclic) bond motifs is 1. The van der Waals surface area contributed by atoms with Crippen molar-refractivity contribution in [2.24, 2.45) is 0 Å². The van der Waals surface area contributed by atoms with Crippen LogP contribution in [-0.2, 0) is 6.42 Å². The van der Waals surface area contributed by atoms with Crippen LogP contribution in [0.5, 0.6) is 0 Å². The SMILES string of the molecule is CCCCCCCCc1nc(N)nc(-c2cccc3ccccc23)n1. The van der Waals surface area contributed by atoms with E-state index in [0.717, 1.165) is 29.6 Å². The first-order valence-corrected chi connectivity index (χ1v) is 9.26. The minimum atomic E-state index is 0.305. The van der Waals surface area contributed by atoms with Crippen molar-refractivity contribution in [2.45, 2.75) is 51.9 Å². The Morgan fingerprint density at radius 1 is 0.800 bits per heavy atom. The van der Waals surface area contributed by atoms with Crippen LogP contribution in [0.4, 0.5) is 5.95 Å². The number of rotatable bonds is 8. The summed E-state index contributed by atoms with van der Waals surface area (Å²) in [6.07, 6.45) is 8.37. The smallest absolute Gasteiger partial charge is 0.223 e. The topological polar surface area (TPSA) is 64.7 Å². The number of aromatic nitrogens is 3. The fourth-order valence-electron chi connectivity index (χ4n) is 3.15. The fraction of sp³-hybridized carbons (Fsp3) is 0.381. The van der Waals surface area contributed by atoms with E-state index >= 15 is 0 Å². The number of unbranched alkanes of at least 4 members (excludes halogenated alkanes) is 5. The van der Waals surface area contributed by atoms with E-state index in [1.54, 1.807) is 0 Å². The molecule has 3 aromatic rings. The zero-order chi connectivity index (χ0) is 17.5. The highest BCUT2D eigenvalue weighted by Crippen LogP contribution is 2.26. The molecule has 0 radical (unpaired) electrons. The highest BCUT2D eigenvalue weighted by molar-refractivity contribution is 5.95. The Bertz CT molecular complexity index is 824. The Morgan fingerprint density at radius 3 is 2.44 bits per heavy atom. The van der Waals surface area contributed by atoms with Gasteiger partial charge in [0.05, 0.1) is 0 Å². The average Bonchev–Trinajstić information content (AvgIpc) is 2.63. The summed E-state index contributed by atoms with van der Waals surface area (Å²) in [4.78, 5) is 13.4. The molecule has 0 aliphatic rings. The first-order chi connectivity index (χ1) is 12.3. The van der Waals surface area contributed by atoms with E-state index in [1.807, 2.05) is 24.3 Å². The Kier molecular flexibility index (Phi) is 5.94. The molecule has 2 aromatic carbocycles. The monoisotopic (exact) mass is 334 g/mol. The molecule has 0 aliphatic heterocycles. The van der Waals surface area contributed by atoms with Crippen LogP contribution in [0, 0.1) is 0 Å². The van der Waals surface area contributed by atoms with Crippen molar-refractivity contribution in [3.8, 4) is 11.4 Å². The molecule has 1 aromatic heterocycles. The predicted octanol–water partition coefficient (Wildman–Crippen LogP) is 5.18. The van der Waals surface area contributed by atoms with Crippen LogP contribution < -0.4 is 5.73 Å². The zero-order valence-corrected chi connectivity index (χ0v) is 14.9. The van der Waals surface area contributed by atoms with Crippen LogP contribution in [0.3, 0.4) is 0 Å². The van der Waals surface area contributed by atoms with Crippen molar-refractivity contribution in [3.05, 3.63) is 48.3 Å². The standard InChI is InChI=1S/C21H26N4/c1-2-3-4-5-6-7-15-19-23-20(25-21(22)24-19)18-14-10-12-16-11-8-9-13-17(16)18/h8-14H,2-7,15H2,1H3,(H2,22,23,24,25). The van der Waals surface area contributed by atoms with E-state index in [2.05, 4.69) is 40.1 Å². The van der Waals surface area contributed by atoms with Crippen LogP contribution in [-0.4, -0.2) is 15.0 Å². The lowest BCUT2D eigenvalue weighted by atomic mass is 10.0. The molecule has 0 unspecified atom stereocenters. The lowest BCUT2D eigenvalue weighted by molar-refractivity contribution is 0.600. The second-order valence-corrected chi connectivity index (χ2v) is 6.48. The van der Waals surface area contributed by atoms with Gasteiger partial charge in [-0.15, -0.1) is 0 Å². The van der Waals surface area contributed by atoms with E-state index in [-0.39, 0.29) is 0 Å². The Balaban J connectivity index is 1.77. The summed E-state index contributed by atoms with van der Waals surface area (Å²) in [5.41, 5.74) is 6.96. The molecule has 0 amide bonds. The molecular formula is C21H26N4. The number of hydrogen-bond acceptors (Lipinski definition) is 4. The molecule has 4 nitrogen and oxygen atoms in total. The van der Waals surface area contributed by atoms with Gasteiger partial charge in [-0.3, -0.25) is 0 Å². The Morgan fingerprint density at radius 2 is 1.56 bits per heavy atom. The summed E-state index contributed by atoms with van der Waals surface area (Å²) in [6, 6.07) is 14.4. The second-order valence-electron chi connectivity index (χ2n) is 6.48. The van der Waals surface area contributed by atoms with Crippen molar-refractivity contribution in [1.29, 1.82) is 0 Å². The van der Waals surface area contributed by atoms with Gasteiger partial charge in [0.25, 0.3) is 0 Å². The molecule has 0 atom stereocenters.